The highest BCUT2D eigenvalue weighted by Gasteiger charge is 2.66. The Morgan fingerprint density at radius 2 is 1.88 bits per heavy atom. The lowest BCUT2D eigenvalue weighted by Gasteiger charge is -2.30. The number of aromatic hydroxyl groups is 1. The predicted molar refractivity (Wildman–Crippen MR) is 108 cm³/mol. The molecule has 2 aromatic carbocycles. The summed E-state index contributed by atoms with van der Waals surface area (Å²) in [4.78, 5) is 48.2. The number of nitrogens with one attached hydrogen (secondary N) is 2. The van der Waals surface area contributed by atoms with Crippen molar-refractivity contribution in [1.82, 2.24) is 10.6 Å². The van der Waals surface area contributed by atoms with Crippen LogP contribution in [0.5, 0.6) is 11.5 Å². The molecule has 4 N–H and O–H groups in total. The fourth-order valence-electron chi connectivity index (χ4n) is 4.64. The lowest BCUT2D eigenvalue weighted by molar-refractivity contribution is -0.384. The van der Waals surface area contributed by atoms with Crippen molar-refractivity contribution in [2.75, 3.05) is 7.11 Å². The molecule has 0 bridgehead atoms. The predicted octanol–water partition coefficient (Wildman–Crippen LogP) is 0.908. The maximum absolute atomic E-state index is 12.7. The number of carboxylic acid groups (broad SMARTS) is 1. The van der Waals surface area contributed by atoms with E-state index >= 15 is 0 Å². The molecule has 0 aliphatic carbocycles. The van der Waals surface area contributed by atoms with Gasteiger partial charge in [-0.25, -0.2) is 0 Å². The molecule has 4 unspecified atom stereocenters. The quantitative estimate of drug-likeness (QED) is 0.289. The molecule has 0 spiro atoms. The number of aliphatic carboxylic acids is 1. The van der Waals surface area contributed by atoms with Crippen molar-refractivity contribution in [3.8, 4) is 11.5 Å². The molecule has 0 radical (unpaired) electrons. The van der Waals surface area contributed by atoms with Crippen LogP contribution >= 0.6 is 0 Å². The standard InChI is InChI=1S/C21H19N3O8/c1-32-13-4-2-3-12(17(13)25)16-14-15(19(27)22-18(14)26)21(23-16,20(28)29)9-10-5-7-11(8-6-10)24(30)31/h2-8,14-16,23,25H,9H2,1H3,(H,28,29)(H,22,26,27). The normalized spacial score (nSPS) is 26.5. The second kappa shape index (κ2) is 7.61. The minimum absolute atomic E-state index is 0.133. The van der Waals surface area contributed by atoms with Crippen molar-refractivity contribution in [3.63, 3.8) is 0 Å². The van der Waals surface area contributed by atoms with E-state index in [1.807, 2.05) is 0 Å². The summed E-state index contributed by atoms with van der Waals surface area (Å²) in [5.41, 5.74) is -1.41. The summed E-state index contributed by atoms with van der Waals surface area (Å²) >= 11 is 0. The van der Waals surface area contributed by atoms with Gasteiger partial charge in [0.2, 0.25) is 11.8 Å². The molecule has 2 aromatic rings. The third-order valence-electron chi connectivity index (χ3n) is 6.09. The number of phenolic OH excluding ortho intramolecular Hbond substituents is 1. The van der Waals surface area contributed by atoms with E-state index in [1.54, 1.807) is 6.07 Å². The molecule has 32 heavy (non-hydrogen) atoms. The van der Waals surface area contributed by atoms with Gasteiger partial charge in [0, 0.05) is 30.2 Å². The van der Waals surface area contributed by atoms with Crippen LogP contribution in [0.4, 0.5) is 5.69 Å². The first-order valence-electron chi connectivity index (χ1n) is 9.64. The molecule has 2 aliphatic rings. The minimum Gasteiger partial charge on any atom is -0.504 e. The van der Waals surface area contributed by atoms with E-state index in [4.69, 9.17) is 4.74 Å². The number of benzene rings is 2. The summed E-state index contributed by atoms with van der Waals surface area (Å²) in [5, 5.41) is 36.9. The lowest BCUT2D eigenvalue weighted by Crippen LogP contribution is -2.57. The molecule has 0 aromatic heterocycles. The monoisotopic (exact) mass is 441 g/mol. The molecule has 11 nitrogen and oxygen atoms in total. The topological polar surface area (TPSA) is 168 Å². The number of non-ortho nitro benzene ring substituents is 1. The van der Waals surface area contributed by atoms with E-state index in [1.165, 1.54) is 43.5 Å². The maximum atomic E-state index is 12.7. The first kappa shape index (κ1) is 21.2. The SMILES string of the molecule is COc1cccc(C2NC(Cc3ccc([N+](=O)[O-])cc3)(C(=O)O)C3C(=O)NC(=O)C23)c1O. The minimum atomic E-state index is -1.89. The Morgan fingerprint density at radius 3 is 2.47 bits per heavy atom. The lowest BCUT2D eigenvalue weighted by atomic mass is 9.76. The molecule has 2 heterocycles. The number of rotatable bonds is 6. The number of carbonyl (C=O) groups excluding carboxylic acids is 2. The number of imide groups is 1. The number of amides is 2. The summed E-state index contributed by atoms with van der Waals surface area (Å²) in [6.45, 7) is 0. The van der Waals surface area contributed by atoms with Gasteiger partial charge in [0.15, 0.2) is 11.5 Å². The number of carboxylic acids is 1. The van der Waals surface area contributed by atoms with Gasteiger partial charge in [-0.15, -0.1) is 0 Å². The average molecular weight is 441 g/mol. The fourth-order valence-corrected chi connectivity index (χ4v) is 4.64. The maximum Gasteiger partial charge on any atom is 0.325 e. The van der Waals surface area contributed by atoms with Crippen molar-refractivity contribution in [2.45, 2.75) is 18.0 Å². The zero-order chi connectivity index (χ0) is 23.2. The summed E-state index contributed by atoms with van der Waals surface area (Å²) in [6, 6.07) is 8.91. The Morgan fingerprint density at radius 1 is 1.19 bits per heavy atom. The molecule has 166 valence electrons. The number of methoxy groups -OCH3 is 1. The Kier molecular flexibility index (Phi) is 5.05. The van der Waals surface area contributed by atoms with Gasteiger partial charge < -0.3 is 14.9 Å². The van der Waals surface area contributed by atoms with E-state index in [0.29, 0.717) is 5.56 Å². The van der Waals surface area contributed by atoms with Crippen LogP contribution < -0.4 is 15.4 Å². The van der Waals surface area contributed by atoms with Gasteiger partial charge in [-0.05, 0) is 11.6 Å². The summed E-state index contributed by atoms with van der Waals surface area (Å²) < 4.78 is 5.11. The van der Waals surface area contributed by atoms with Crippen LogP contribution in [0.15, 0.2) is 42.5 Å². The second-order valence-corrected chi connectivity index (χ2v) is 7.75. The van der Waals surface area contributed by atoms with E-state index in [0.717, 1.165) is 0 Å². The highest BCUT2D eigenvalue weighted by atomic mass is 16.6. The molecular formula is C21H19N3O8. The van der Waals surface area contributed by atoms with E-state index in [2.05, 4.69) is 10.6 Å². The van der Waals surface area contributed by atoms with Crippen LogP contribution in [0, 0.1) is 22.0 Å². The smallest absolute Gasteiger partial charge is 0.325 e. The van der Waals surface area contributed by atoms with Crippen LogP contribution in [0.2, 0.25) is 0 Å². The van der Waals surface area contributed by atoms with Crippen LogP contribution in [0.3, 0.4) is 0 Å². The third-order valence-corrected chi connectivity index (χ3v) is 6.09. The zero-order valence-electron chi connectivity index (χ0n) is 16.8. The Balaban J connectivity index is 1.80. The van der Waals surface area contributed by atoms with Gasteiger partial charge in [0.05, 0.1) is 23.9 Å². The largest absolute Gasteiger partial charge is 0.504 e. The van der Waals surface area contributed by atoms with Gasteiger partial charge in [-0.2, -0.15) is 0 Å². The summed E-state index contributed by atoms with van der Waals surface area (Å²) in [6.07, 6.45) is -0.219. The van der Waals surface area contributed by atoms with Gasteiger partial charge in [-0.1, -0.05) is 24.3 Å². The molecule has 2 saturated heterocycles. The average Bonchev–Trinajstić information content (AvgIpc) is 3.25. The van der Waals surface area contributed by atoms with Gasteiger partial charge in [0.25, 0.3) is 5.69 Å². The molecule has 2 aliphatic heterocycles. The molecule has 0 saturated carbocycles. The number of hydrogen-bond donors (Lipinski definition) is 4. The van der Waals surface area contributed by atoms with Crippen molar-refractivity contribution in [3.05, 3.63) is 63.7 Å². The van der Waals surface area contributed by atoms with Crippen LogP contribution in [-0.2, 0) is 20.8 Å². The Hall–Kier alpha value is -3.99. The van der Waals surface area contributed by atoms with Crippen molar-refractivity contribution >= 4 is 23.5 Å². The fraction of sp³-hybridized carbons (Fsp3) is 0.286. The van der Waals surface area contributed by atoms with Crippen LogP contribution in [0.25, 0.3) is 0 Å². The first-order chi connectivity index (χ1) is 15.2. The molecule has 4 rings (SSSR count). The summed E-state index contributed by atoms with van der Waals surface area (Å²) in [7, 11) is 1.35. The highest BCUT2D eigenvalue weighted by molar-refractivity contribution is 6.09. The number of ether oxygens (including phenoxy) is 1. The molecule has 2 amide bonds. The second-order valence-electron chi connectivity index (χ2n) is 7.75. The summed E-state index contributed by atoms with van der Waals surface area (Å²) in [5.74, 6) is -5.23. The number of nitrogens with zero attached hydrogens (tertiary/aromatic N) is 1. The van der Waals surface area contributed by atoms with Crippen molar-refractivity contribution in [2.24, 2.45) is 11.8 Å². The molecule has 11 heteroatoms. The van der Waals surface area contributed by atoms with Gasteiger partial charge in [0.1, 0.15) is 5.54 Å². The molecule has 4 atom stereocenters. The number of phenols is 1. The molecular weight excluding hydrogens is 422 g/mol. The Bertz CT molecular complexity index is 1130. The van der Waals surface area contributed by atoms with Crippen molar-refractivity contribution in [1.29, 1.82) is 0 Å². The third kappa shape index (κ3) is 3.14. The first-order valence-corrected chi connectivity index (χ1v) is 9.64. The highest BCUT2D eigenvalue weighted by Crippen LogP contribution is 2.50. The Labute approximate surface area is 181 Å². The number of nitro groups is 1. The van der Waals surface area contributed by atoms with Gasteiger partial charge >= 0.3 is 5.97 Å². The number of nitro benzene ring substituents is 1. The van der Waals surface area contributed by atoms with Crippen molar-refractivity contribution < 1.29 is 34.3 Å². The van der Waals surface area contributed by atoms with E-state index in [-0.39, 0.29) is 29.2 Å². The van der Waals surface area contributed by atoms with E-state index < -0.39 is 46.1 Å². The number of fused-ring (bicyclic) bond motifs is 1. The van der Waals surface area contributed by atoms with Crippen LogP contribution in [-0.4, -0.2) is 45.6 Å². The van der Waals surface area contributed by atoms with Crippen LogP contribution in [0.1, 0.15) is 17.2 Å². The van der Waals surface area contributed by atoms with Gasteiger partial charge in [-0.3, -0.25) is 35.1 Å². The zero-order valence-corrected chi connectivity index (χ0v) is 16.8. The number of hydrogen-bond acceptors (Lipinski definition) is 8. The number of para-hydroxylation sites is 1. The van der Waals surface area contributed by atoms with E-state index in [9.17, 15) is 34.7 Å². The molecule has 2 fully saturated rings. The number of carbonyl (C=O) groups is 3.